The number of ether oxygens (including phenoxy) is 18. The van der Waals surface area contributed by atoms with Crippen molar-refractivity contribution >= 4 is 71.7 Å². The van der Waals surface area contributed by atoms with Gasteiger partial charge in [-0.1, -0.05) is 11.5 Å². The van der Waals surface area contributed by atoms with Crippen molar-refractivity contribution in [3.63, 3.8) is 0 Å². The maximum atomic E-state index is 13.6. The molecular formula is C51H75N5O30. The molecule has 3 saturated heterocycles. The summed E-state index contributed by atoms with van der Waals surface area (Å²) in [5.74, 6) is -10.6. The van der Waals surface area contributed by atoms with Crippen molar-refractivity contribution in [2.24, 2.45) is 5.11 Å². The minimum atomic E-state index is -2.14. The molecule has 35 nitrogen and oxygen atoms in total. The molecule has 0 aromatic heterocycles. The molecule has 0 saturated carbocycles. The van der Waals surface area contributed by atoms with E-state index in [4.69, 9.17) is 90.8 Å². The number of rotatable bonds is 33. The van der Waals surface area contributed by atoms with Crippen LogP contribution in [0, 0.1) is 0 Å². The van der Waals surface area contributed by atoms with Crippen molar-refractivity contribution in [3.05, 3.63) is 10.4 Å². The quantitative estimate of drug-likeness (QED) is 0.0216. The maximum Gasteiger partial charge on any atom is 0.407 e. The van der Waals surface area contributed by atoms with Gasteiger partial charge in [-0.05, 0) is 18.4 Å². The Morgan fingerprint density at radius 3 is 1.29 bits per heavy atom. The predicted molar refractivity (Wildman–Crippen MR) is 276 cm³/mol. The number of carbonyl (C=O) groups is 12. The zero-order valence-corrected chi connectivity index (χ0v) is 49.1. The Balaban J connectivity index is 2.05. The topological polar surface area (TPSA) is 444 Å². The molecule has 484 valence electrons. The zero-order valence-electron chi connectivity index (χ0n) is 49.1. The van der Waals surface area contributed by atoms with Gasteiger partial charge in [0.1, 0.15) is 56.9 Å². The standard InChI is InChI=1S/C51H75N5O30/c1-25(57)72-22-35-41(42(77-30(6)62)45(79-32(8)64)48(82-35)55-38(67)14-12-11-13-15-53-51(68)71-21-20-70-19-18-69-17-16-54-56-52)85-49-47(81-34(10)66)44(40(76-29(5)61)37(83-49)24-74-27(3)59)86-50-46(80-33(9)65)43(78-31(7)63)39(75-28(4)60)36(84-50)23-73-26(2)58/h35-37,39-50H,11-24H2,1-10H3,(H,53,68)(H,55,67)/t35-,36-,37-,39+,40+,41-,42+,43+,44+,45-,46-,47-,48-,49+,50+/m1/s1. The lowest BCUT2D eigenvalue weighted by molar-refractivity contribution is -0.375. The molecule has 3 fully saturated rings. The molecule has 15 atom stereocenters. The van der Waals surface area contributed by atoms with Crippen LogP contribution in [0.2, 0.25) is 0 Å². The SMILES string of the molecule is CC(=O)OC[C@H]1O[C@@H](O[C@H]2[C@@H](OC(C)=O)[C@@H](COC(C)=O)O[C@@H](O[C@H]3[C@H](OC(C)=O)[C@@H](OC(C)=O)[C@H](NC(=O)CCCCCNC(=O)OCCOCCOCCN=[N+]=[N-])O[C@@H]3COC(C)=O)[C@@H]2OC(C)=O)[C@H](OC(C)=O)[C@@H](OC(C)=O)[C@H]1OC(C)=O. The number of hydrogen-bond donors (Lipinski definition) is 2. The minimum Gasteiger partial charge on any atom is -0.463 e. The molecule has 3 aliphatic rings. The van der Waals surface area contributed by atoms with Gasteiger partial charge in [0.05, 0.1) is 26.4 Å². The molecule has 2 amide bonds. The summed E-state index contributed by atoms with van der Waals surface area (Å²) < 4.78 is 103. The smallest absolute Gasteiger partial charge is 0.407 e. The molecule has 3 rings (SSSR count). The van der Waals surface area contributed by atoms with Crippen molar-refractivity contribution < 1.29 is 143 Å². The molecule has 2 N–H and O–H groups in total. The van der Waals surface area contributed by atoms with Crippen molar-refractivity contribution in [3.8, 4) is 0 Å². The molecule has 35 heteroatoms. The van der Waals surface area contributed by atoms with Crippen molar-refractivity contribution in [2.45, 2.75) is 187 Å². The molecule has 0 aromatic rings. The van der Waals surface area contributed by atoms with Gasteiger partial charge in [-0.3, -0.25) is 52.7 Å². The summed E-state index contributed by atoms with van der Waals surface area (Å²) >= 11 is 0. The first-order chi connectivity index (χ1) is 40.7. The van der Waals surface area contributed by atoms with Gasteiger partial charge in [0.15, 0.2) is 61.5 Å². The number of unbranched alkanes of at least 4 members (excludes halogenated alkanes) is 2. The summed E-state index contributed by atoms with van der Waals surface area (Å²) in [7, 11) is 0. The van der Waals surface area contributed by atoms with Gasteiger partial charge < -0.3 is 95.9 Å². The van der Waals surface area contributed by atoms with Crippen LogP contribution in [0.4, 0.5) is 4.79 Å². The molecule has 3 heterocycles. The van der Waals surface area contributed by atoms with Crippen molar-refractivity contribution in [1.29, 1.82) is 0 Å². The highest BCUT2D eigenvalue weighted by Gasteiger charge is 2.60. The Morgan fingerprint density at radius 2 is 0.814 bits per heavy atom. The second-order valence-electron chi connectivity index (χ2n) is 18.9. The molecule has 0 aromatic carbocycles. The van der Waals surface area contributed by atoms with Crippen LogP contribution < -0.4 is 10.6 Å². The highest BCUT2D eigenvalue weighted by Crippen LogP contribution is 2.38. The van der Waals surface area contributed by atoms with E-state index in [1.54, 1.807) is 0 Å². The fourth-order valence-corrected chi connectivity index (χ4v) is 8.64. The normalized spacial score (nSPS) is 26.7. The Bertz CT molecular complexity index is 2370. The van der Waals surface area contributed by atoms with E-state index in [0.29, 0.717) is 12.8 Å². The third kappa shape index (κ3) is 26.4. The van der Waals surface area contributed by atoms with E-state index < -0.39 is 184 Å². The maximum absolute atomic E-state index is 13.6. The first-order valence-corrected chi connectivity index (χ1v) is 26.9. The second kappa shape index (κ2) is 37.8. The van der Waals surface area contributed by atoms with Gasteiger partial charge in [0, 0.05) is 93.7 Å². The monoisotopic (exact) mass is 1240 g/mol. The lowest BCUT2D eigenvalue weighted by Gasteiger charge is -2.50. The van der Waals surface area contributed by atoms with Crippen LogP contribution in [-0.2, 0) is 138 Å². The van der Waals surface area contributed by atoms with Crippen LogP contribution in [0.3, 0.4) is 0 Å². The number of hydrogen-bond acceptors (Lipinski definition) is 31. The first kappa shape index (κ1) is 72.7. The summed E-state index contributed by atoms with van der Waals surface area (Å²) in [6.07, 6.45) is -27.8. The van der Waals surface area contributed by atoms with Gasteiger partial charge in [-0.2, -0.15) is 0 Å². The Hall–Kier alpha value is -7.53. The summed E-state index contributed by atoms with van der Waals surface area (Å²) in [6, 6.07) is 0. The van der Waals surface area contributed by atoms with Crippen LogP contribution in [-0.4, -0.2) is 230 Å². The molecule has 0 unspecified atom stereocenters. The lowest BCUT2D eigenvalue weighted by atomic mass is 9.94. The highest BCUT2D eigenvalue weighted by atomic mass is 16.8. The third-order valence-electron chi connectivity index (χ3n) is 11.8. The van der Waals surface area contributed by atoms with E-state index in [1.165, 1.54) is 0 Å². The molecule has 3 aliphatic heterocycles. The summed E-state index contributed by atoms with van der Waals surface area (Å²) in [5.41, 5.74) is 8.27. The molecule has 0 bridgehead atoms. The molecular weight excluding hydrogens is 1160 g/mol. The highest BCUT2D eigenvalue weighted by molar-refractivity contribution is 5.76. The number of amides is 2. The Labute approximate surface area is 492 Å². The number of nitrogens with one attached hydrogen (secondary N) is 2. The van der Waals surface area contributed by atoms with Crippen molar-refractivity contribution in [1.82, 2.24) is 10.6 Å². The largest absolute Gasteiger partial charge is 0.463 e. The van der Waals surface area contributed by atoms with E-state index >= 15 is 0 Å². The summed E-state index contributed by atoms with van der Waals surface area (Å²) in [5, 5.41) is 8.50. The molecule has 86 heavy (non-hydrogen) atoms. The van der Waals surface area contributed by atoms with Gasteiger partial charge in [0.2, 0.25) is 5.91 Å². The molecule has 0 spiro atoms. The fraction of sp³-hybridized carbons (Fsp3) is 0.765. The van der Waals surface area contributed by atoms with Gasteiger partial charge in [0.25, 0.3) is 0 Å². The fourth-order valence-electron chi connectivity index (χ4n) is 8.64. The van der Waals surface area contributed by atoms with Crippen LogP contribution in [0.1, 0.15) is 94.9 Å². The van der Waals surface area contributed by atoms with Gasteiger partial charge in [-0.25, -0.2) is 4.79 Å². The van der Waals surface area contributed by atoms with Gasteiger partial charge >= 0.3 is 65.8 Å². The van der Waals surface area contributed by atoms with Crippen LogP contribution in [0.15, 0.2) is 5.11 Å². The minimum absolute atomic E-state index is 0.0482. The van der Waals surface area contributed by atoms with Gasteiger partial charge in [-0.15, -0.1) is 0 Å². The Kier molecular flexibility index (Phi) is 32.0. The van der Waals surface area contributed by atoms with E-state index in [0.717, 1.165) is 69.2 Å². The zero-order chi connectivity index (χ0) is 64.0. The van der Waals surface area contributed by atoms with E-state index in [1.807, 2.05) is 0 Å². The van der Waals surface area contributed by atoms with E-state index in [2.05, 4.69) is 20.7 Å². The average Bonchev–Trinajstić information content (AvgIpc) is 1.28. The summed E-state index contributed by atoms with van der Waals surface area (Å²) in [4.78, 5) is 156. The Morgan fingerprint density at radius 1 is 0.419 bits per heavy atom. The second-order valence-corrected chi connectivity index (χ2v) is 18.9. The number of alkyl carbamates (subject to hydrolysis) is 1. The number of carbonyl (C=O) groups excluding carboxylic acids is 12. The average molecular weight is 1240 g/mol. The van der Waals surface area contributed by atoms with Crippen LogP contribution in [0.25, 0.3) is 10.4 Å². The molecule has 0 radical (unpaired) electrons. The van der Waals surface area contributed by atoms with Crippen LogP contribution >= 0.6 is 0 Å². The summed E-state index contributed by atoms with van der Waals surface area (Å²) in [6.45, 7) is 8.53. The third-order valence-corrected chi connectivity index (χ3v) is 11.8. The molecule has 0 aliphatic carbocycles. The number of azide groups is 1. The first-order valence-electron chi connectivity index (χ1n) is 26.9. The number of esters is 10. The predicted octanol–water partition coefficient (Wildman–Crippen LogP) is -0.111. The van der Waals surface area contributed by atoms with Crippen LogP contribution in [0.5, 0.6) is 0 Å². The lowest BCUT2D eigenvalue weighted by Crippen LogP contribution is -2.70. The van der Waals surface area contributed by atoms with E-state index in [-0.39, 0.29) is 59.0 Å². The van der Waals surface area contributed by atoms with Crippen molar-refractivity contribution in [2.75, 3.05) is 65.9 Å². The van der Waals surface area contributed by atoms with E-state index in [9.17, 15) is 57.5 Å². The number of nitrogens with zero attached hydrogens (tertiary/aromatic N) is 3.